The second-order valence-corrected chi connectivity index (χ2v) is 9.23. The van der Waals surface area contributed by atoms with Crippen LogP contribution in [0.1, 0.15) is 51.4 Å². The van der Waals surface area contributed by atoms with Gasteiger partial charge < -0.3 is 20.1 Å². The number of nitrogens with zero attached hydrogens (tertiary/aromatic N) is 2. The molecule has 0 radical (unpaired) electrons. The summed E-state index contributed by atoms with van der Waals surface area (Å²) < 4.78 is 10.9. The molecule has 0 saturated carbocycles. The molecular weight excluding hydrogens is 432 g/mol. The normalized spacial score (nSPS) is 13.1. The number of carbonyl (C=O) groups excluding carboxylic acids is 2. The Morgan fingerprint density at radius 1 is 1.00 bits per heavy atom. The largest absolute Gasteiger partial charge is 0.467 e. The maximum atomic E-state index is 12.7. The molecule has 1 aromatic heterocycles. The van der Waals surface area contributed by atoms with Gasteiger partial charge in [0.1, 0.15) is 11.8 Å². The number of amides is 1. The van der Waals surface area contributed by atoms with Crippen molar-refractivity contribution in [3.63, 3.8) is 0 Å². The number of aromatic nitrogens is 2. The SMILES string of the molecule is CC[C@@H](C)[C@H](NC(=O)c1ccc(Oc2nc3ccccc3nc2NC(C)(C)C)cc1)C(=O)OC. The highest BCUT2D eigenvalue weighted by Crippen LogP contribution is 2.30. The van der Waals surface area contributed by atoms with Crippen molar-refractivity contribution in [1.82, 2.24) is 15.3 Å². The second kappa shape index (κ2) is 10.5. The van der Waals surface area contributed by atoms with Crippen LogP contribution in [0.25, 0.3) is 11.0 Å². The molecule has 0 aliphatic heterocycles. The molecule has 0 fully saturated rings. The second-order valence-electron chi connectivity index (χ2n) is 9.23. The number of fused-ring (bicyclic) bond motifs is 1. The molecule has 3 rings (SSSR count). The summed E-state index contributed by atoms with van der Waals surface area (Å²) in [7, 11) is 1.31. The highest BCUT2D eigenvalue weighted by molar-refractivity contribution is 5.97. The standard InChI is InChI=1S/C26H32N4O4/c1-7-16(2)21(25(32)33-6)29-23(31)17-12-14-18(15-13-17)34-24-22(30-26(3,4)5)27-19-10-8-9-11-20(19)28-24/h8-16,21H,7H2,1-6H3,(H,27,30)(H,29,31)/t16-,21+/m1/s1. The van der Waals surface area contributed by atoms with Crippen molar-refractivity contribution < 1.29 is 19.1 Å². The quantitative estimate of drug-likeness (QED) is 0.455. The lowest BCUT2D eigenvalue weighted by atomic mass is 9.99. The summed E-state index contributed by atoms with van der Waals surface area (Å²) in [5.74, 6) is 0.499. The Hall–Kier alpha value is -3.68. The molecular formula is C26H32N4O4. The third-order valence-corrected chi connectivity index (χ3v) is 5.32. The van der Waals surface area contributed by atoms with Crippen molar-refractivity contribution in [3.05, 3.63) is 54.1 Å². The predicted molar refractivity (Wildman–Crippen MR) is 132 cm³/mol. The van der Waals surface area contributed by atoms with E-state index in [0.717, 1.165) is 11.9 Å². The predicted octanol–water partition coefficient (Wildman–Crippen LogP) is 4.95. The van der Waals surface area contributed by atoms with Crippen molar-refractivity contribution >= 4 is 28.7 Å². The van der Waals surface area contributed by atoms with Crippen LogP contribution in [0, 0.1) is 5.92 Å². The number of anilines is 1. The van der Waals surface area contributed by atoms with E-state index in [1.807, 2.05) is 58.9 Å². The van der Waals surface area contributed by atoms with Gasteiger partial charge in [0, 0.05) is 11.1 Å². The van der Waals surface area contributed by atoms with E-state index in [1.54, 1.807) is 24.3 Å². The molecule has 180 valence electrons. The van der Waals surface area contributed by atoms with Gasteiger partial charge in [-0.2, -0.15) is 0 Å². The molecule has 0 bridgehead atoms. The molecule has 0 spiro atoms. The van der Waals surface area contributed by atoms with Gasteiger partial charge in [0.25, 0.3) is 11.8 Å². The molecule has 2 N–H and O–H groups in total. The Morgan fingerprint density at radius 3 is 2.18 bits per heavy atom. The van der Waals surface area contributed by atoms with E-state index in [2.05, 4.69) is 20.6 Å². The van der Waals surface area contributed by atoms with Crippen molar-refractivity contribution in [2.45, 2.75) is 52.6 Å². The lowest BCUT2D eigenvalue weighted by Crippen LogP contribution is -2.45. The first-order valence-corrected chi connectivity index (χ1v) is 11.3. The summed E-state index contributed by atoms with van der Waals surface area (Å²) in [5, 5.41) is 6.11. The maximum absolute atomic E-state index is 12.7. The molecule has 0 saturated heterocycles. The number of ether oxygens (including phenoxy) is 2. The van der Waals surface area contributed by atoms with Crippen LogP contribution in [0.2, 0.25) is 0 Å². The molecule has 0 aliphatic rings. The number of nitrogens with one attached hydrogen (secondary N) is 2. The van der Waals surface area contributed by atoms with E-state index in [0.29, 0.717) is 28.5 Å². The fourth-order valence-corrected chi connectivity index (χ4v) is 3.30. The van der Waals surface area contributed by atoms with Crippen molar-refractivity contribution in [3.8, 4) is 11.6 Å². The van der Waals surface area contributed by atoms with Crippen molar-refractivity contribution in [2.24, 2.45) is 5.92 Å². The Morgan fingerprint density at radius 2 is 1.62 bits per heavy atom. The zero-order valence-electron chi connectivity index (χ0n) is 20.5. The fourth-order valence-electron chi connectivity index (χ4n) is 3.30. The summed E-state index contributed by atoms with van der Waals surface area (Å²) in [6.07, 6.45) is 0.727. The lowest BCUT2D eigenvalue weighted by molar-refractivity contribution is -0.144. The van der Waals surface area contributed by atoms with Crippen LogP contribution in [-0.2, 0) is 9.53 Å². The number of hydrogen-bond acceptors (Lipinski definition) is 7. The highest BCUT2D eigenvalue weighted by Gasteiger charge is 2.27. The van der Waals surface area contributed by atoms with Crippen molar-refractivity contribution in [1.29, 1.82) is 0 Å². The Bertz CT molecular complexity index is 1160. The number of para-hydroxylation sites is 2. The Balaban J connectivity index is 1.82. The molecule has 8 nitrogen and oxygen atoms in total. The average Bonchev–Trinajstić information content (AvgIpc) is 2.81. The minimum Gasteiger partial charge on any atom is -0.467 e. The van der Waals surface area contributed by atoms with Crippen molar-refractivity contribution in [2.75, 3.05) is 12.4 Å². The van der Waals surface area contributed by atoms with Gasteiger partial charge in [-0.3, -0.25) is 4.79 Å². The number of hydrogen-bond donors (Lipinski definition) is 2. The summed E-state index contributed by atoms with van der Waals surface area (Å²) in [6, 6.07) is 13.5. The number of rotatable bonds is 8. The third kappa shape index (κ3) is 6.21. The van der Waals surface area contributed by atoms with Gasteiger partial charge in [0.2, 0.25) is 0 Å². The third-order valence-electron chi connectivity index (χ3n) is 5.32. The van der Waals surface area contributed by atoms with Crippen LogP contribution in [0.5, 0.6) is 11.6 Å². The minimum absolute atomic E-state index is 0.0563. The maximum Gasteiger partial charge on any atom is 0.328 e. The molecule has 3 aromatic rings. The molecule has 0 aliphatic carbocycles. The summed E-state index contributed by atoms with van der Waals surface area (Å²) in [4.78, 5) is 34.1. The summed E-state index contributed by atoms with van der Waals surface area (Å²) in [6.45, 7) is 9.94. The molecule has 2 aromatic carbocycles. The van der Waals surface area contributed by atoms with Crippen LogP contribution in [-0.4, -0.2) is 40.5 Å². The smallest absolute Gasteiger partial charge is 0.328 e. The first kappa shape index (κ1) is 25.0. The number of esters is 1. The van der Waals surface area contributed by atoms with Crippen LogP contribution < -0.4 is 15.4 Å². The van der Waals surface area contributed by atoms with E-state index >= 15 is 0 Å². The van der Waals surface area contributed by atoms with Gasteiger partial charge in [-0.15, -0.1) is 0 Å². The van der Waals surface area contributed by atoms with Gasteiger partial charge >= 0.3 is 5.97 Å². The van der Waals surface area contributed by atoms with Gasteiger partial charge in [-0.05, 0) is 63.1 Å². The van der Waals surface area contributed by atoms with Crippen LogP contribution in [0.4, 0.5) is 5.82 Å². The first-order chi connectivity index (χ1) is 16.1. The van der Waals surface area contributed by atoms with E-state index in [1.165, 1.54) is 7.11 Å². The van der Waals surface area contributed by atoms with E-state index in [-0.39, 0.29) is 17.4 Å². The van der Waals surface area contributed by atoms with Gasteiger partial charge in [0.15, 0.2) is 5.82 Å². The minimum atomic E-state index is -0.711. The van der Waals surface area contributed by atoms with E-state index in [4.69, 9.17) is 9.47 Å². The van der Waals surface area contributed by atoms with Gasteiger partial charge in [-0.1, -0.05) is 32.4 Å². The summed E-state index contributed by atoms with van der Waals surface area (Å²) >= 11 is 0. The van der Waals surface area contributed by atoms with E-state index in [9.17, 15) is 9.59 Å². The van der Waals surface area contributed by atoms with Crippen LogP contribution in [0.15, 0.2) is 48.5 Å². The molecule has 2 atom stereocenters. The number of benzene rings is 2. The van der Waals surface area contributed by atoms with Gasteiger partial charge in [0.05, 0.1) is 18.1 Å². The molecule has 0 unspecified atom stereocenters. The highest BCUT2D eigenvalue weighted by atomic mass is 16.5. The monoisotopic (exact) mass is 464 g/mol. The summed E-state index contributed by atoms with van der Waals surface area (Å²) in [5.41, 5.74) is 1.63. The first-order valence-electron chi connectivity index (χ1n) is 11.3. The van der Waals surface area contributed by atoms with E-state index < -0.39 is 12.0 Å². The molecule has 34 heavy (non-hydrogen) atoms. The lowest BCUT2D eigenvalue weighted by Gasteiger charge is -2.23. The number of methoxy groups -OCH3 is 1. The molecule has 1 heterocycles. The molecule has 8 heteroatoms. The zero-order chi connectivity index (χ0) is 24.9. The van der Waals surface area contributed by atoms with Gasteiger partial charge in [-0.25, -0.2) is 14.8 Å². The molecule has 1 amide bonds. The zero-order valence-corrected chi connectivity index (χ0v) is 20.5. The van der Waals surface area contributed by atoms with Crippen LogP contribution >= 0.6 is 0 Å². The topological polar surface area (TPSA) is 102 Å². The number of carbonyl (C=O) groups is 2. The fraction of sp³-hybridized carbons (Fsp3) is 0.385. The average molecular weight is 465 g/mol. The Labute approximate surface area is 200 Å². The Kier molecular flexibility index (Phi) is 7.71. The van der Waals surface area contributed by atoms with Crippen LogP contribution in [0.3, 0.4) is 0 Å².